The van der Waals surface area contributed by atoms with Gasteiger partial charge in [0.2, 0.25) is 0 Å². The van der Waals surface area contributed by atoms with Crippen LogP contribution in [0.15, 0.2) is 6.20 Å². The van der Waals surface area contributed by atoms with Crippen molar-refractivity contribution in [3.63, 3.8) is 0 Å². The van der Waals surface area contributed by atoms with E-state index in [0.717, 1.165) is 7.11 Å². The van der Waals surface area contributed by atoms with Gasteiger partial charge in [-0.25, -0.2) is 18.6 Å². The van der Waals surface area contributed by atoms with Crippen molar-refractivity contribution >= 4 is 5.97 Å². The fraction of sp³-hybridized carbons (Fsp3) is 0.333. The highest BCUT2D eigenvalue weighted by atomic mass is 19.4. The van der Waals surface area contributed by atoms with Gasteiger partial charge in [-0.1, -0.05) is 0 Å². The van der Waals surface area contributed by atoms with E-state index in [9.17, 15) is 31.9 Å². The van der Waals surface area contributed by atoms with Crippen LogP contribution in [0.25, 0.3) is 0 Å². The number of carbonyl (C=O) groups is 1. The molecular formula is C9H6F5NO4. The summed E-state index contributed by atoms with van der Waals surface area (Å²) in [4.78, 5) is 14.1. The van der Waals surface area contributed by atoms with E-state index in [1.807, 2.05) is 0 Å². The van der Waals surface area contributed by atoms with Gasteiger partial charge in [-0.2, -0.15) is 0 Å². The van der Waals surface area contributed by atoms with E-state index >= 15 is 0 Å². The second-order valence-corrected chi connectivity index (χ2v) is 3.07. The highest BCUT2D eigenvalue weighted by Gasteiger charge is 2.35. The van der Waals surface area contributed by atoms with Crippen LogP contribution >= 0.6 is 0 Å². The van der Waals surface area contributed by atoms with E-state index < -0.39 is 41.5 Å². The van der Waals surface area contributed by atoms with E-state index in [2.05, 4.69) is 14.5 Å². The lowest BCUT2D eigenvalue weighted by Gasteiger charge is -2.14. The van der Waals surface area contributed by atoms with Crippen LogP contribution in [-0.4, -0.2) is 29.5 Å². The Hall–Kier alpha value is -2.13. The molecule has 1 rings (SSSR count). The zero-order valence-corrected chi connectivity index (χ0v) is 9.16. The maximum atomic E-state index is 12.4. The molecule has 0 aliphatic carbocycles. The highest BCUT2D eigenvalue weighted by molar-refractivity contribution is 5.95. The van der Waals surface area contributed by atoms with Gasteiger partial charge >= 0.3 is 12.3 Å². The molecule has 0 aliphatic heterocycles. The monoisotopic (exact) mass is 287 g/mol. The van der Waals surface area contributed by atoms with Crippen LogP contribution in [0.2, 0.25) is 0 Å². The lowest BCUT2D eigenvalue weighted by atomic mass is 10.2. The Bertz CT molecular complexity index is 488. The summed E-state index contributed by atoms with van der Waals surface area (Å²) in [5.74, 6) is -4.13. The summed E-state index contributed by atoms with van der Waals surface area (Å²) in [5, 5.41) is 9.35. The van der Waals surface area contributed by atoms with Gasteiger partial charge in [0.25, 0.3) is 6.43 Å². The predicted molar refractivity (Wildman–Crippen MR) is 48.9 cm³/mol. The Morgan fingerprint density at radius 3 is 2.42 bits per heavy atom. The molecule has 19 heavy (non-hydrogen) atoms. The molecule has 10 heteroatoms. The van der Waals surface area contributed by atoms with Crippen LogP contribution in [0.4, 0.5) is 22.0 Å². The van der Waals surface area contributed by atoms with E-state index in [0.29, 0.717) is 0 Å². The first-order valence-electron chi connectivity index (χ1n) is 4.51. The van der Waals surface area contributed by atoms with Crippen molar-refractivity contribution in [3.8, 4) is 11.5 Å². The number of aromatic nitrogens is 1. The number of esters is 1. The van der Waals surface area contributed by atoms with Gasteiger partial charge in [-0.3, -0.25) is 0 Å². The first-order valence-corrected chi connectivity index (χ1v) is 4.51. The van der Waals surface area contributed by atoms with Crippen molar-refractivity contribution in [2.24, 2.45) is 0 Å². The molecule has 0 atom stereocenters. The number of methoxy groups -OCH3 is 1. The minimum Gasteiger partial charge on any atom is -0.505 e. The van der Waals surface area contributed by atoms with Crippen LogP contribution in [0.1, 0.15) is 22.5 Å². The van der Waals surface area contributed by atoms with Crippen molar-refractivity contribution in [1.82, 2.24) is 4.98 Å². The van der Waals surface area contributed by atoms with Crippen molar-refractivity contribution < 1.29 is 41.3 Å². The maximum absolute atomic E-state index is 12.4. The van der Waals surface area contributed by atoms with Gasteiger partial charge < -0.3 is 14.6 Å². The van der Waals surface area contributed by atoms with Gasteiger partial charge in [0, 0.05) is 0 Å². The first-order chi connectivity index (χ1) is 8.67. The quantitative estimate of drug-likeness (QED) is 0.683. The van der Waals surface area contributed by atoms with Gasteiger partial charge in [0.05, 0.1) is 13.3 Å². The largest absolute Gasteiger partial charge is 0.573 e. The number of alkyl halides is 5. The molecule has 106 valence electrons. The second kappa shape index (κ2) is 5.24. The maximum Gasteiger partial charge on any atom is 0.573 e. The fourth-order valence-corrected chi connectivity index (χ4v) is 1.16. The molecule has 0 amide bonds. The van der Waals surface area contributed by atoms with E-state index in [-0.39, 0.29) is 6.20 Å². The van der Waals surface area contributed by atoms with Gasteiger partial charge in [-0.15, -0.1) is 13.2 Å². The average Bonchev–Trinajstić information content (AvgIpc) is 2.25. The third-order valence-corrected chi connectivity index (χ3v) is 1.87. The molecule has 0 fully saturated rings. The molecule has 0 saturated heterocycles. The molecule has 1 N–H and O–H groups in total. The van der Waals surface area contributed by atoms with Gasteiger partial charge in [0.15, 0.2) is 11.5 Å². The lowest BCUT2D eigenvalue weighted by molar-refractivity contribution is -0.274. The number of aromatic hydroxyl groups is 1. The van der Waals surface area contributed by atoms with Crippen LogP contribution < -0.4 is 4.74 Å². The second-order valence-electron chi connectivity index (χ2n) is 3.07. The normalized spacial score (nSPS) is 11.5. The first kappa shape index (κ1) is 14.9. The molecule has 5 nitrogen and oxygen atoms in total. The highest BCUT2D eigenvalue weighted by Crippen LogP contribution is 2.37. The Kier molecular flexibility index (Phi) is 4.12. The van der Waals surface area contributed by atoms with Crippen molar-refractivity contribution in [3.05, 3.63) is 17.5 Å². The van der Waals surface area contributed by atoms with E-state index in [4.69, 9.17) is 0 Å². The Labute approximate surface area is 102 Å². The Balaban J connectivity index is 3.40. The van der Waals surface area contributed by atoms with Crippen molar-refractivity contribution in [1.29, 1.82) is 0 Å². The summed E-state index contributed by atoms with van der Waals surface area (Å²) >= 11 is 0. The molecule has 1 aromatic heterocycles. The molecular weight excluding hydrogens is 281 g/mol. The van der Waals surface area contributed by atoms with Crippen molar-refractivity contribution in [2.45, 2.75) is 12.8 Å². The molecule has 0 saturated carbocycles. The summed E-state index contributed by atoms with van der Waals surface area (Å²) in [6.07, 6.45) is -8.23. The SMILES string of the molecule is COC(=O)c1c(OC(F)(F)F)cnc(C(F)F)c1O. The molecule has 1 heterocycles. The minimum atomic E-state index is -5.19. The number of halogens is 5. The van der Waals surface area contributed by atoms with Crippen LogP contribution in [0.3, 0.4) is 0 Å². The predicted octanol–water partition coefficient (Wildman–Crippen LogP) is 2.41. The number of pyridine rings is 1. The zero-order valence-electron chi connectivity index (χ0n) is 9.16. The minimum absolute atomic E-state index is 0.251. The lowest BCUT2D eigenvalue weighted by Crippen LogP contribution is -2.20. The van der Waals surface area contributed by atoms with E-state index in [1.165, 1.54) is 0 Å². The van der Waals surface area contributed by atoms with Gasteiger partial charge in [-0.05, 0) is 0 Å². The molecule has 0 bridgehead atoms. The summed E-state index contributed by atoms with van der Waals surface area (Å²) in [6, 6.07) is 0. The smallest absolute Gasteiger partial charge is 0.505 e. The number of rotatable bonds is 3. The van der Waals surface area contributed by atoms with Crippen molar-refractivity contribution in [2.75, 3.05) is 7.11 Å². The number of hydrogen-bond acceptors (Lipinski definition) is 5. The van der Waals surface area contributed by atoms with E-state index in [1.54, 1.807) is 0 Å². The molecule has 0 radical (unpaired) electrons. The molecule has 0 aromatic carbocycles. The standard InChI is InChI=1S/C9H6F5NO4/c1-18-8(17)4-3(19-9(12,13)14)2-15-5(6(4)16)7(10)11/h2,7,16H,1H3. The topological polar surface area (TPSA) is 68.7 Å². The van der Waals surface area contributed by atoms with Gasteiger partial charge in [0.1, 0.15) is 11.3 Å². The fourth-order valence-electron chi connectivity index (χ4n) is 1.16. The number of ether oxygens (including phenoxy) is 2. The number of carbonyl (C=O) groups excluding carboxylic acids is 1. The molecule has 0 unspecified atom stereocenters. The summed E-state index contributed by atoms with van der Waals surface area (Å²) in [5.41, 5.74) is -2.43. The molecule has 1 aromatic rings. The number of nitrogens with zero attached hydrogens (tertiary/aromatic N) is 1. The van der Waals surface area contributed by atoms with Crippen LogP contribution in [-0.2, 0) is 4.74 Å². The van der Waals surface area contributed by atoms with Crippen LogP contribution in [0, 0.1) is 0 Å². The Morgan fingerprint density at radius 2 is 2.00 bits per heavy atom. The third kappa shape index (κ3) is 3.42. The summed E-state index contributed by atoms with van der Waals surface area (Å²) < 4.78 is 68.4. The average molecular weight is 287 g/mol. The summed E-state index contributed by atoms with van der Waals surface area (Å²) in [6.45, 7) is 0. The summed E-state index contributed by atoms with van der Waals surface area (Å²) in [7, 11) is 0.793. The number of hydrogen-bond donors (Lipinski definition) is 1. The molecule has 0 aliphatic rings. The van der Waals surface area contributed by atoms with Crippen LogP contribution in [0.5, 0.6) is 11.5 Å². The third-order valence-electron chi connectivity index (χ3n) is 1.87. The molecule has 0 spiro atoms. The Morgan fingerprint density at radius 1 is 1.42 bits per heavy atom. The zero-order chi connectivity index (χ0) is 14.8.